The molecule has 0 spiro atoms. The fourth-order valence-corrected chi connectivity index (χ4v) is 4.50. The largest absolute Gasteiger partial charge is 0.387 e. The zero-order valence-electron chi connectivity index (χ0n) is 20.0. The molecule has 1 aromatic heterocycles. The van der Waals surface area contributed by atoms with Gasteiger partial charge >= 0.3 is 0 Å². The molecule has 182 valence electrons. The van der Waals surface area contributed by atoms with Crippen LogP contribution in [0.3, 0.4) is 0 Å². The fourth-order valence-electron chi connectivity index (χ4n) is 4.50. The molecule has 1 unspecified atom stereocenters. The van der Waals surface area contributed by atoms with Gasteiger partial charge in [0.15, 0.2) is 0 Å². The number of anilines is 2. The molecule has 0 saturated heterocycles. The normalized spacial score (nSPS) is 16.3. The summed E-state index contributed by atoms with van der Waals surface area (Å²) in [6.45, 7) is 2.32. The molecule has 8 nitrogen and oxygen atoms in total. The number of amidine groups is 1. The Morgan fingerprint density at radius 1 is 1.14 bits per heavy atom. The van der Waals surface area contributed by atoms with Crippen LogP contribution in [0.25, 0.3) is 6.08 Å². The zero-order chi connectivity index (χ0) is 25.1. The van der Waals surface area contributed by atoms with E-state index in [9.17, 15) is 9.59 Å². The van der Waals surface area contributed by atoms with Crippen LogP contribution in [0.15, 0.2) is 71.5 Å². The van der Waals surface area contributed by atoms with E-state index < -0.39 is 0 Å². The van der Waals surface area contributed by atoms with Gasteiger partial charge in [-0.1, -0.05) is 35.9 Å². The second-order valence-corrected chi connectivity index (χ2v) is 9.19. The minimum atomic E-state index is -0.278. The Bertz CT molecular complexity index is 1390. The molecule has 8 heteroatoms. The summed E-state index contributed by atoms with van der Waals surface area (Å²) in [5.74, 6) is 0.184. The highest BCUT2D eigenvalue weighted by molar-refractivity contribution is 6.05. The number of amides is 2. The van der Waals surface area contributed by atoms with Gasteiger partial charge in [-0.15, -0.1) is 0 Å². The highest BCUT2D eigenvalue weighted by Gasteiger charge is 2.23. The minimum absolute atomic E-state index is 0.0620. The Hall–Kier alpha value is -4.46. The van der Waals surface area contributed by atoms with Crippen LogP contribution in [0.5, 0.6) is 0 Å². The number of pyridine rings is 1. The highest BCUT2D eigenvalue weighted by Crippen LogP contribution is 2.28. The average Bonchev–Trinajstić information content (AvgIpc) is 3.02. The SMILES string of the molecule is CC1=Cc2ccc(C(=O)Nc3cncc(CNC(=O)C4CCc5ccccc5N4)c3)cc2N=C(N)C1. The Morgan fingerprint density at radius 3 is 2.89 bits per heavy atom. The molecule has 3 aromatic rings. The highest BCUT2D eigenvalue weighted by atomic mass is 16.2. The number of benzene rings is 2. The summed E-state index contributed by atoms with van der Waals surface area (Å²) in [6, 6.07) is 14.9. The molecule has 5 rings (SSSR count). The van der Waals surface area contributed by atoms with Gasteiger partial charge in [0, 0.05) is 36.0 Å². The number of carbonyl (C=O) groups is 2. The lowest BCUT2D eigenvalue weighted by Crippen LogP contribution is -2.41. The lowest BCUT2D eigenvalue weighted by molar-refractivity contribution is -0.122. The van der Waals surface area contributed by atoms with Crippen molar-refractivity contribution >= 4 is 40.8 Å². The first-order chi connectivity index (χ1) is 17.4. The van der Waals surface area contributed by atoms with Crippen LogP contribution >= 0.6 is 0 Å². The van der Waals surface area contributed by atoms with E-state index in [1.165, 1.54) is 5.56 Å². The standard InChI is InChI=1S/C28H28N6O2/c1-17-10-20-6-7-21(13-25(20)34-26(29)11-17)27(35)32-22-12-18(14-30-16-22)15-31-28(36)24-9-8-19-4-2-3-5-23(19)33-24/h2-7,10,12-14,16,24,33H,8-9,11,15H2,1H3,(H2,29,34)(H,31,36)(H,32,35). The van der Waals surface area contributed by atoms with Crippen molar-refractivity contribution in [1.29, 1.82) is 0 Å². The third-order valence-electron chi connectivity index (χ3n) is 6.30. The van der Waals surface area contributed by atoms with Gasteiger partial charge in [-0.05, 0) is 55.2 Å². The third kappa shape index (κ3) is 5.27. The Morgan fingerprint density at radius 2 is 2.00 bits per heavy atom. The van der Waals surface area contributed by atoms with Crippen LogP contribution in [0.1, 0.15) is 46.8 Å². The zero-order valence-corrected chi connectivity index (χ0v) is 20.0. The number of para-hydroxylation sites is 1. The first kappa shape index (κ1) is 23.3. The van der Waals surface area contributed by atoms with Gasteiger partial charge in [-0.25, -0.2) is 4.99 Å². The summed E-state index contributed by atoms with van der Waals surface area (Å²) in [7, 11) is 0. The van der Waals surface area contributed by atoms with Crippen LogP contribution in [-0.2, 0) is 17.8 Å². The van der Waals surface area contributed by atoms with Crippen LogP contribution in [0.2, 0.25) is 0 Å². The number of aliphatic imine (C=N–C) groups is 1. The van der Waals surface area contributed by atoms with Crippen LogP contribution in [0.4, 0.5) is 17.1 Å². The number of fused-ring (bicyclic) bond motifs is 2. The van der Waals surface area contributed by atoms with E-state index in [0.29, 0.717) is 35.7 Å². The molecule has 1 atom stereocenters. The third-order valence-corrected chi connectivity index (χ3v) is 6.30. The maximum absolute atomic E-state index is 12.9. The molecule has 0 saturated carbocycles. The molecular weight excluding hydrogens is 452 g/mol. The van der Waals surface area contributed by atoms with Crippen LogP contribution in [-0.4, -0.2) is 28.7 Å². The lowest BCUT2D eigenvalue weighted by Gasteiger charge is -2.26. The second kappa shape index (κ2) is 10.0. The average molecular weight is 481 g/mol. The number of rotatable bonds is 5. The monoisotopic (exact) mass is 480 g/mol. The van der Waals surface area contributed by atoms with E-state index in [4.69, 9.17) is 5.73 Å². The molecule has 2 aromatic carbocycles. The van der Waals surface area contributed by atoms with Crippen molar-refractivity contribution in [3.05, 3.63) is 88.8 Å². The van der Waals surface area contributed by atoms with Crippen molar-refractivity contribution in [2.45, 2.75) is 38.8 Å². The topological polar surface area (TPSA) is 122 Å². The smallest absolute Gasteiger partial charge is 0.255 e. The molecule has 5 N–H and O–H groups in total. The quantitative estimate of drug-likeness (QED) is 0.437. The Labute approximate surface area is 209 Å². The number of nitrogens with one attached hydrogen (secondary N) is 3. The predicted molar refractivity (Wildman–Crippen MR) is 142 cm³/mol. The number of hydrogen-bond donors (Lipinski definition) is 4. The number of nitrogens with two attached hydrogens (primary N) is 1. The van der Waals surface area contributed by atoms with E-state index in [1.54, 1.807) is 30.6 Å². The summed E-state index contributed by atoms with van der Waals surface area (Å²) in [5, 5.41) is 9.17. The molecule has 0 radical (unpaired) electrons. The van der Waals surface area contributed by atoms with Crippen molar-refractivity contribution in [1.82, 2.24) is 10.3 Å². The fraction of sp³-hybridized carbons (Fsp3) is 0.214. The number of hydrogen-bond acceptors (Lipinski definition) is 6. The van der Waals surface area contributed by atoms with E-state index in [0.717, 1.165) is 35.2 Å². The summed E-state index contributed by atoms with van der Waals surface area (Å²) in [4.78, 5) is 34.3. The predicted octanol–water partition coefficient (Wildman–Crippen LogP) is 4.17. The van der Waals surface area contributed by atoms with Crippen molar-refractivity contribution in [3.8, 4) is 0 Å². The van der Waals surface area contributed by atoms with Crippen molar-refractivity contribution < 1.29 is 9.59 Å². The Kier molecular flexibility index (Phi) is 6.49. The molecule has 3 heterocycles. The van der Waals surface area contributed by atoms with Crippen LogP contribution in [0, 0.1) is 0 Å². The van der Waals surface area contributed by atoms with Crippen LogP contribution < -0.4 is 21.7 Å². The van der Waals surface area contributed by atoms with Gasteiger partial charge in [0.2, 0.25) is 5.91 Å². The van der Waals surface area contributed by atoms with Gasteiger partial charge in [0.05, 0.1) is 17.6 Å². The first-order valence-corrected chi connectivity index (χ1v) is 12.0. The van der Waals surface area contributed by atoms with Gasteiger partial charge < -0.3 is 21.7 Å². The minimum Gasteiger partial charge on any atom is -0.387 e. The van der Waals surface area contributed by atoms with Gasteiger partial charge in [0.1, 0.15) is 11.9 Å². The maximum atomic E-state index is 12.9. The molecule has 36 heavy (non-hydrogen) atoms. The van der Waals surface area contributed by atoms with E-state index in [2.05, 4.69) is 32.0 Å². The van der Waals surface area contributed by atoms with Gasteiger partial charge in [-0.3, -0.25) is 14.6 Å². The first-order valence-electron chi connectivity index (χ1n) is 12.0. The number of carbonyl (C=O) groups excluding carboxylic acids is 2. The van der Waals surface area contributed by atoms with Crippen molar-refractivity contribution in [3.63, 3.8) is 0 Å². The summed E-state index contributed by atoms with van der Waals surface area (Å²) < 4.78 is 0. The summed E-state index contributed by atoms with van der Waals surface area (Å²) in [5.41, 5.74) is 12.8. The van der Waals surface area contributed by atoms with Gasteiger partial charge in [0.25, 0.3) is 5.91 Å². The number of nitrogens with zero attached hydrogens (tertiary/aromatic N) is 2. The van der Waals surface area contributed by atoms with Crippen molar-refractivity contribution in [2.75, 3.05) is 10.6 Å². The molecule has 2 aliphatic rings. The van der Waals surface area contributed by atoms with E-state index in [1.807, 2.05) is 37.3 Å². The molecule has 0 aliphatic carbocycles. The van der Waals surface area contributed by atoms with Gasteiger partial charge in [-0.2, -0.15) is 0 Å². The molecule has 0 bridgehead atoms. The number of aromatic nitrogens is 1. The summed E-state index contributed by atoms with van der Waals surface area (Å²) >= 11 is 0. The molecular formula is C28H28N6O2. The number of aryl methyl sites for hydroxylation is 1. The van der Waals surface area contributed by atoms with E-state index >= 15 is 0 Å². The summed E-state index contributed by atoms with van der Waals surface area (Å²) in [6.07, 6.45) is 7.49. The van der Waals surface area contributed by atoms with Crippen molar-refractivity contribution in [2.24, 2.45) is 10.7 Å². The Balaban J connectivity index is 1.21. The molecule has 2 amide bonds. The molecule has 0 fully saturated rings. The maximum Gasteiger partial charge on any atom is 0.255 e. The van der Waals surface area contributed by atoms with E-state index in [-0.39, 0.29) is 17.9 Å². The lowest BCUT2D eigenvalue weighted by atomic mass is 9.97. The molecule has 2 aliphatic heterocycles. The second-order valence-electron chi connectivity index (χ2n) is 9.19.